The Hall–Kier alpha value is -2.79. The van der Waals surface area contributed by atoms with Crippen LogP contribution in [0.3, 0.4) is 0 Å². The van der Waals surface area contributed by atoms with Crippen LogP contribution in [0, 0.1) is 0 Å². The van der Waals surface area contributed by atoms with E-state index in [4.69, 9.17) is 0 Å². The second-order valence-corrected chi connectivity index (χ2v) is 8.52. The molecule has 4 rings (SSSR count). The lowest BCUT2D eigenvalue weighted by Crippen LogP contribution is -2.49. The monoisotopic (exact) mass is 407 g/mol. The van der Waals surface area contributed by atoms with Gasteiger partial charge in [0.25, 0.3) is 5.56 Å². The number of nitrogens with one attached hydrogen (secondary N) is 1. The van der Waals surface area contributed by atoms with Crippen LogP contribution in [0.4, 0.5) is 4.39 Å². The maximum Gasteiger partial charge on any atom is 0.346 e. The Kier molecular flexibility index (Phi) is 4.23. The molecule has 0 spiro atoms. The minimum Gasteiger partial charge on any atom is -0.275 e. The second-order valence-electron chi connectivity index (χ2n) is 7.00. The van der Waals surface area contributed by atoms with Crippen LogP contribution in [-0.2, 0) is 23.8 Å². The maximum atomic E-state index is 13.2. The number of hydrogen-bond acceptors (Lipinski definition) is 5. The van der Waals surface area contributed by atoms with Crippen LogP contribution in [0.5, 0.6) is 0 Å². The lowest BCUT2D eigenvalue weighted by atomic mass is 10.2. The van der Waals surface area contributed by atoms with Gasteiger partial charge in [0.2, 0.25) is 0 Å². The van der Waals surface area contributed by atoms with Crippen LogP contribution >= 0.6 is 0 Å². The van der Waals surface area contributed by atoms with E-state index in [9.17, 15) is 22.4 Å². The maximum absolute atomic E-state index is 13.2. The number of benzene rings is 1. The molecule has 1 aliphatic carbocycles. The summed E-state index contributed by atoms with van der Waals surface area (Å²) in [7, 11) is -2.73. The van der Waals surface area contributed by atoms with Crippen molar-refractivity contribution in [1.82, 2.24) is 23.0 Å². The fourth-order valence-electron chi connectivity index (χ4n) is 3.12. The van der Waals surface area contributed by atoms with Crippen molar-refractivity contribution in [3.8, 4) is 0 Å². The highest BCUT2D eigenvalue weighted by atomic mass is 32.2. The van der Waals surface area contributed by atoms with Gasteiger partial charge in [-0.3, -0.25) is 14.0 Å². The third-order valence-electron chi connectivity index (χ3n) is 4.80. The van der Waals surface area contributed by atoms with E-state index in [0.717, 1.165) is 4.57 Å². The number of rotatable bonds is 6. The first-order valence-electron chi connectivity index (χ1n) is 8.59. The minimum atomic E-state index is -4.42. The molecule has 2 aromatic heterocycles. The summed E-state index contributed by atoms with van der Waals surface area (Å²) in [4.78, 5) is 25.9. The molecule has 0 radical (unpaired) electrons. The van der Waals surface area contributed by atoms with E-state index in [0.29, 0.717) is 22.4 Å². The van der Waals surface area contributed by atoms with Gasteiger partial charge in [0, 0.05) is 18.8 Å². The second kappa shape index (κ2) is 6.38. The van der Waals surface area contributed by atoms with Crippen LogP contribution in [0.1, 0.15) is 18.4 Å². The van der Waals surface area contributed by atoms with Crippen LogP contribution in [-0.4, -0.2) is 39.0 Å². The van der Waals surface area contributed by atoms with Gasteiger partial charge in [0.1, 0.15) is 6.67 Å². The topological polar surface area (TPSA) is 108 Å². The van der Waals surface area contributed by atoms with Crippen LogP contribution in [0.2, 0.25) is 0 Å². The van der Waals surface area contributed by atoms with Crippen molar-refractivity contribution in [2.45, 2.75) is 24.9 Å². The average Bonchev–Trinajstić information content (AvgIpc) is 3.29. The number of aryl methyl sites for hydroxylation is 1. The van der Waals surface area contributed by atoms with E-state index in [1.54, 1.807) is 19.3 Å². The molecule has 9 nitrogen and oxygen atoms in total. The molecule has 0 unspecified atom stereocenters. The van der Waals surface area contributed by atoms with Crippen LogP contribution in [0.25, 0.3) is 10.9 Å². The number of hydrogen-bond donors (Lipinski definition) is 1. The van der Waals surface area contributed by atoms with E-state index in [2.05, 4.69) is 9.82 Å². The lowest BCUT2D eigenvalue weighted by Gasteiger charge is -2.18. The predicted octanol–water partition coefficient (Wildman–Crippen LogP) is 0.130. The number of fused-ring (bicyclic) bond motifs is 1. The molecule has 0 bridgehead atoms. The normalized spacial score (nSPS) is 15.8. The summed E-state index contributed by atoms with van der Waals surface area (Å²) in [6.45, 7) is -1.01. The molecule has 0 aliphatic heterocycles. The van der Waals surface area contributed by atoms with Crippen molar-refractivity contribution in [3.63, 3.8) is 0 Å². The van der Waals surface area contributed by atoms with Crippen molar-refractivity contribution >= 4 is 21.1 Å². The Bertz CT molecular complexity index is 1290. The number of para-hydroxylation sites is 1. The molecule has 0 saturated heterocycles. The molecule has 28 heavy (non-hydrogen) atoms. The molecule has 0 atom stereocenters. The van der Waals surface area contributed by atoms with Gasteiger partial charge in [0.15, 0.2) is 0 Å². The summed E-state index contributed by atoms with van der Waals surface area (Å²) in [5.74, 6) is 0. The summed E-state index contributed by atoms with van der Waals surface area (Å²) >= 11 is 0. The number of nitrogens with zero attached hydrogens (tertiary/aromatic N) is 4. The largest absolute Gasteiger partial charge is 0.346 e. The van der Waals surface area contributed by atoms with Gasteiger partial charge in [-0.15, -0.1) is 0 Å². The van der Waals surface area contributed by atoms with Crippen molar-refractivity contribution < 1.29 is 12.8 Å². The Morgan fingerprint density at radius 1 is 1.25 bits per heavy atom. The zero-order valence-electron chi connectivity index (χ0n) is 15.0. The van der Waals surface area contributed by atoms with Gasteiger partial charge >= 0.3 is 15.9 Å². The van der Waals surface area contributed by atoms with Crippen molar-refractivity contribution in [2.75, 3.05) is 6.67 Å². The molecule has 1 aliphatic rings. The van der Waals surface area contributed by atoms with Crippen LogP contribution in [0.15, 0.2) is 46.2 Å². The third kappa shape index (κ3) is 3.06. The third-order valence-corrected chi connectivity index (χ3v) is 6.32. The molecular weight excluding hydrogens is 389 g/mol. The molecule has 1 fully saturated rings. The fraction of sp³-hybridized carbons (Fsp3) is 0.353. The first-order chi connectivity index (χ1) is 13.3. The molecule has 1 saturated carbocycles. The quantitative estimate of drug-likeness (QED) is 0.625. The van der Waals surface area contributed by atoms with E-state index >= 15 is 0 Å². The summed E-state index contributed by atoms with van der Waals surface area (Å²) in [6, 6.07) is 5.93. The number of halogens is 1. The molecular formula is C17H18FN5O4S. The summed E-state index contributed by atoms with van der Waals surface area (Å²) < 4.78 is 44.3. The minimum absolute atomic E-state index is 0.0536. The van der Waals surface area contributed by atoms with Gasteiger partial charge in [-0.05, 0) is 25.0 Å². The van der Waals surface area contributed by atoms with Gasteiger partial charge < -0.3 is 0 Å². The average molecular weight is 407 g/mol. The Morgan fingerprint density at radius 3 is 2.57 bits per heavy atom. The molecule has 2 heterocycles. The molecule has 0 amide bonds. The molecule has 1 N–H and O–H groups in total. The highest BCUT2D eigenvalue weighted by molar-refractivity contribution is 7.88. The zero-order chi connectivity index (χ0) is 20.1. The zero-order valence-corrected chi connectivity index (χ0v) is 15.8. The number of alkyl halides is 1. The molecule has 148 valence electrons. The highest BCUT2D eigenvalue weighted by Gasteiger charge is 2.47. The first kappa shape index (κ1) is 18.6. The van der Waals surface area contributed by atoms with E-state index in [1.807, 2.05) is 0 Å². The lowest BCUT2D eigenvalue weighted by molar-refractivity contribution is 0.391. The van der Waals surface area contributed by atoms with E-state index in [-0.39, 0.29) is 17.4 Å². The van der Waals surface area contributed by atoms with Crippen molar-refractivity contribution in [1.29, 1.82) is 0 Å². The van der Waals surface area contributed by atoms with Gasteiger partial charge in [-0.1, -0.05) is 12.1 Å². The van der Waals surface area contributed by atoms with E-state index < -0.39 is 33.7 Å². The van der Waals surface area contributed by atoms with Crippen LogP contribution < -0.4 is 16.0 Å². The predicted molar refractivity (Wildman–Crippen MR) is 100 cm³/mol. The smallest absolute Gasteiger partial charge is 0.275 e. The molecule has 1 aromatic carbocycles. The van der Waals surface area contributed by atoms with Gasteiger partial charge in [0.05, 0.1) is 29.2 Å². The Labute approximate surface area is 159 Å². The summed E-state index contributed by atoms with van der Waals surface area (Å²) in [5.41, 5.74) is -2.29. The Morgan fingerprint density at radius 2 is 1.96 bits per heavy atom. The standard InChI is InChI=1S/C17H18FN5O4S/c1-21-9-12(8-19-21)10-22-15(24)13-4-2-3-5-14(13)23(16(22)25)28(26,27)20-17(11-18)6-7-17/h2-5,8-9,20H,6-7,10-11H2,1H3. The summed E-state index contributed by atoms with van der Waals surface area (Å²) in [6.07, 6.45) is 3.82. The van der Waals surface area contributed by atoms with Gasteiger partial charge in [-0.2, -0.15) is 22.2 Å². The van der Waals surface area contributed by atoms with Gasteiger partial charge in [-0.25, -0.2) is 9.18 Å². The van der Waals surface area contributed by atoms with E-state index in [1.165, 1.54) is 29.1 Å². The molecule has 3 aromatic rings. The Balaban J connectivity index is 1.95. The van der Waals surface area contributed by atoms with Crippen molar-refractivity contribution in [3.05, 3.63) is 63.1 Å². The fourth-order valence-corrected chi connectivity index (χ4v) is 4.74. The number of aromatic nitrogens is 4. The molecule has 11 heteroatoms. The summed E-state index contributed by atoms with van der Waals surface area (Å²) in [5, 5.41) is 4.06. The SMILES string of the molecule is Cn1cc(Cn2c(=O)c3ccccc3n(S(=O)(=O)NC3(CF)CC3)c2=O)cn1. The van der Waals surface area contributed by atoms with Crippen molar-refractivity contribution in [2.24, 2.45) is 7.05 Å². The highest BCUT2D eigenvalue weighted by Crippen LogP contribution is 2.36. The first-order valence-corrected chi connectivity index (χ1v) is 10.0.